The van der Waals surface area contributed by atoms with Gasteiger partial charge in [-0.25, -0.2) is 27.3 Å². The Morgan fingerprint density at radius 2 is 2.05 bits per heavy atom. The Bertz CT molecular complexity index is 1720. The van der Waals surface area contributed by atoms with E-state index in [1.54, 1.807) is 21.5 Å². The van der Waals surface area contributed by atoms with Crippen molar-refractivity contribution < 1.29 is 22.3 Å². The van der Waals surface area contributed by atoms with Crippen LogP contribution in [-0.4, -0.2) is 58.2 Å². The van der Waals surface area contributed by atoms with Crippen LogP contribution in [-0.2, 0) is 21.2 Å². The maximum atomic E-state index is 15.6. The standard InChI is InChI=1S/C25H24ClFN6O4S2/c1-13-30-33-23-18(28-25(33)38-13)9-10-32(22(23)16-6-5-15(11-17(16)27)14-3-4-14)21(34)12-37-19-7-8-20(29-24(19)26)31-39(2,35)36/h5-8,11,14,22H,3-4,9-10,12H2,1-2H3,(H,29,31). The van der Waals surface area contributed by atoms with Crippen molar-refractivity contribution in [3.63, 3.8) is 0 Å². The average molecular weight is 591 g/mol. The van der Waals surface area contributed by atoms with E-state index in [1.807, 2.05) is 13.0 Å². The second-order valence-electron chi connectivity index (χ2n) is 9.70. The Kier molecular flexibility index (Phi) is 6.47. The van der Waals surface area contributed by atoms with E-state index in [9.17, 15) is 13.2 Å². The molecule has 0 saturated heterocycles. The lowest BCUT2D eigenvalue weighted by Gasteiger charge is -2.35. The number of halogens is 2. The number of anilines is 1. The van der Waals surface area contributed by atoms with Crippen LogP contribution in [0.15, 0.2) is 30.3 Å². The maximum absolute atomic E-state index is 15.6. The van der Waals surface area contributed by atoms with Crippen LogP contribution >= 0.6 is 22.9 Å². The topological polar surface area (TPSA) is 119 Å². The molecular weight excluding hydrogens is 567 g/mol. The van der Waals surface area contributed by atoms with Crippen molar-refractivity contribution >= 4 is 49.6 Å². The molecule has 1 atom stereocenters. The summed E-state index contributed by atoms with van der Waals surface area (Å²) < 4.78 is 48.2. The Morgan fingerprint density at radius 3 is 2.74 bits per heavy atom. The molecule has 6 rings (SSSR count). The molecule has 3 aromatic heterocycles. The van der Waals surface area contributed by atoms with Crippen molar-refractivity contribution in [3.8, 4) is 5.75 Å². The Hall–Kier alpha value is -3.29. The third kappa shape index (κ3) is 5.18. The SMILES string of the molecule is Cc1nn2c3c(nc2s1)CCN(C(=O)COc1ccc(NS(C)(=O)=O)nc1Cl)C3c1ccc(C2CC2)cc1F. The summed E-state index contributed by atoms with van der Waals surface area (Å²) in [6.07, 6.45) is 3.59. The van der Waals surface area contributed by atoms with E-state index in [1.165, 1.54) is 23.5 Å². The average Bonchev–Trinajstić information content (AvgIpc) is 3.57. The summed E-state index contributed by atoms with van der Waals surface area (Å²) in [7, 11) is -3.54. The first-order chi connectivity index (χ1) is 18.6. The second-order valence-corrected chi connectivity index (χ2v) is 13.0. The number of carbonyl (C=O) groups is 1. The van der Waals surface area contributed by atoms with Gasteiger partial charge in [-0.1, -0.05) is 35.1 Å². The highest BCUT2D eigenvalue weighted by atomic mass is 35.5. The highest BCUT2D eigenvalue weighted by molar-refractivity contribution is 7.92. The fourth-order valence-corrected chi connectivity index (χ4v) is 6.35. The predicted octanol–water partition coefficient (Wildman–Crippen LogP) is 4.09. The highest BCUT2D eigenvalue weighted by Gasteiger charge is 2.38. The molecule has 39 heavy (non-hydrogen) atoms. The zero-order valence-electron chi connectivity index (χ0n) is 21.0. The number of ether oxygens (including phenoxy) is 1. The highest BCUT2D eigenvalue weighted by Crippen LogP contribution is 2.43. The van der Waals surface area contributed by atoms with Gasteiger partial charge in [0.05, 0.1) is 17.6 Å². The number of hydrogen-bond acceptors (Lipinski definition) is 8. The van der Waals surface area contributed by atoms with Crippen LogP contribution in [0.4, 0.5) is 10.2 Å². The van der Waals surface area contributed by atoms with Crippen LogP contribution in [0.25, 0.3) is 4.96 Å². The molecule has 1 aliphatic heterocycles. The number of sulfonamides is 1. The summed E-state index contributed by atoms with van der Waals surface area (Å²) in [6, 6.07) is 7.33. The molecule has 10 nitrogen and oxygen atoms in total. The number of amides is 1. The van der Waals surface area contributed by atoms with Crippen LogP contribution in [0.5, 0.6) is 5.75 Å². The van der Waals surface area contributed by atoms with Crippen molar-refractivity contribution in [3.05, 3.63) is 68.8 Å². The van der Waals surface area contributed by atoms with Gasteiger partial charge in [-0.3, -0.25) is 9.52 Å². The van der Waals surface area contributed by atoms with Gasteiger partial charge in [0.25, 0.3) is 5.91 Å². The van der Waals surface area contributed by atoms with Crippen molar-refractivity contribution in [2.24, 2.45) is 0 Å². The van der Waals surface area contributed by atoms with E-state index in [-0.39, 0.29) is 35.1 Å². The van der Waals surface area contributed by atoms with Gasteiger partial charge in [0, 0.05) is 18.5 Å². The van der Waals surface area contributed by atoms with Gasteiger partial charge < -0.3 is 9.64 Å². The van der Waals surface area contributed by atoms with Crippen LogP contribution in [0.1, 0.15) is 52.3 Å². The quantitative estimate of drug-likeness (QED) is 0.322. The van der Waals surface area contributed by atoms with E-state index in [0.717, 1.165) is 35.4 Å². The monoisotopic (exact) mass is 590 g/mol. The number of aromatic nitrogens is 4. The Balaban J connectivity index is 1.31. The van der Waals surface area contributed by atoms with E-state index in [2.05, 4.69) is 14.8 Å². The molecule has 1 aliphatic carbocycles. The number of nitrogens with one attached hydrogen (secondary N) is 1. The van der Waals surface area contributed by atoms with Crippen molar-refractivity contribution in [2.75, 3.05) is 24.1 Å². The number of benzene rings is 1. The molecule has 0 radical (unpaired) electrons. The lowest BCUT2D eigenvalue weighted by molar-refractivity contribution is -0.135. The molecule has 4 aromatic rings. The normalized spacial score (nSPS) is 17.3. The summed E-state index contributed by atoms with van der Waals surface area (Å²) in [5.74, 6) is -0.230. The largest absolute Gasteiger partial charge is 0.481 e. The Morgan fingerprint density at radius 1 is 1.26 bits per heavy atom. The van der Waals surface area contributed by atoms with Gasteiger partial charge in [-0.15, -0.1) is 0 Å². The van der Waals surface area contributed by atoms with Crippen molar-refractivity contribution in [1.29, 1.82) is 0 Å². The van der Waals surface area contributed by atoms with Gasteiger partial charge in [-0.05, 0) is 49.4 Å². The molecule has 2 aliphatic rings. The summed E-state index contributed by atoms with van der Waals surface area (Å²) >= 11 is 7.61. The van der Waals surface area contributed by atoms with Crippen molar-refractivity contribution in [2.45, 2.75) is 38.1 Å². The number of imidazole rings is 1. The van der Waals surface area contributed by atoms with Crippen LogP contribution < -0.4 is 9.46 Å². The fourth-order valence-electron chi connectivity index (χ4n) is 4.88. The molecule has 4 heterocycles. The van der Waals surface area contributed by atoms with Crippen LogP contribution in [0.3, 0.4) is 0 Å². The summed E-state index contributed by atoms with van der Waals surface area (Å²) in [5.41, 5.74) is 2.79. The zero-order valence-corrected chi connectivity index (χ0v) is 23.4. The van der Waals surface area contributed by atoms with E-state index >= 15 is 4.39 Å². The number of fused-ring (bicyclic) bond motifs is 3. The van der Waals surface area contributed by atoms with Crippen LogP contribution in [0.2, 0.25) is 5.15 Å². The predicted molar refractivity (Wildman–Crippen MR) is 144 cm³/mol. The lowest BCUT2D eigenvalue weighted by Crippen LogP contribution is -2.43. The molecule has 1 amide bonds. The smallest absolute Gasteiger partial charge is 0.261 e. The lowest BCUT2D eigenvalue weighted by atomic mass is 9.93. The van der Waals surface area contributed by atoms with E-state index in [4.69, 9.17) is 21.3 Å². The molecule has 1 fully saturated rings. The minimum atomic E-state index is -3.54. The first-order valence-electron chi connectivity index (χ1n) is 12.3. The third-order valence-electron chi connectivity index (χ3n) is 6.72. The molecular formula is C25H24ClFN6O4S2. The first kappa shape index (κ1) is 26.0. The molecule has 0 bridgehead atoms. The molecule has 0 spiro atoms. The summed E-state index contributed by atoms with van der Waals surface area (Å²) in [5, 5.41) is 5.29. The first-order valence-corrected chi connectivity index (χ1v) is 15.4. The zero-order chi connectivity index (χ0) is 27.5. The number of rotatable bonds is 7. The summed E-state index contributed by atoms with van der Waals surface area (Å²) in [4.78, 5) is 24.5. The second kappa shape index (κ2) is 9.72. The van der Waals surface area contributed by atoms with Crippen molar-refractivity contribution in [1.82, 2.24) is 24.5 Å². The molecule has 1 N–H and O–H groups in total. The number of nitrogens with zero attached hydrogens (tertiary/aromatic N) is 5. The number of aryl methyl sites for hydroxylation is 1. The number of pyridine rings is 1. The van der Waals surface area contributed by atoms with Gasteiger partial charge in [0.2, 0.25) is 15.0 Å². The number of carbonyl (C=O) groups excluding carboxylic acids is 1. The fraction of sp³-hybridized carbons (Fsp3) is 0.360. The molecule has 1 unspecified atom stereocenters. The maximum Gasteiger partial charge on any atom is 0.261 e. The van der Waals surface area contributed by atoms with Crippen LogP contribution in [0, 0.1) is 12.7 Å². The minimum absolute atomic E-state index is 0.0261. The molecule has 14 heteroatoms. The van der Waals surface area contributed by atoms with E-state index < -0.39 is 16.1 Å². The van der Waals surface area contributed by atoms with Gasteiger partial charge >= 0.3 is 0 Å². The molecule has 1 saturated carbocycles. The third-order valence-corrected chi connectivity index (χ3v) is 8.39. The summed E-state index contributed by atoms with van der Waals surface area (Å²) in [6.45, 7) is 1.81. The van der Waals surface area contributed by atoms with Gasteiger partial charge in [0.15, 0.2) is 17.5 Å². The molecule has 1 aromatic carbocycles. The number of hydrogen-bond donors (Lipinski definition) is 1. The Labute approximate surface area is 232 Å². The van der Waals surface area contributed by atoms with Gasteiger partial charge in [0.1, 0.15) is 22.7 Å². The minimum Gasteiger partial charge on any atom is -0.481 e. The van der Waals surface area contributed by atoms with E-state index in [0.29, 0.717) is 35.1 Å². The van der Waals surface area contributed by atoms with Gasteiger partial charge in [-0.2, -0.15) is 5.10 Å². The molecule has 204 valence electrons.